The van der Waals surface area contributed by atoms with Gasteiger partial charge in [-0.3, -0.25) is 14.4 Å². The maximum atomic E-state index is 12.9. The van der Waals surface area contributed by atoms with E-state index in [2.05, 4.69) is 20.3 Å². The Hall–Kier alpha value is -4.03. The van der Waals surface area contributed by atoms with Crippen LogP contribution in [0.4, 0.5) is 5.69 Å². The Balaban J connectivity index is 0.000000642. The van der Waals surface area contributed by atoms with Crippen LogP contribution in [-0.4, -0.2) is 74.3 Å². The first-order chi connectivity index (χ1) is 17.0. The third kappa shape index (κ3) is 6.55. The Labute approximate surface area is 206 Å². The second kappa shape index (κ2) is 11.1. The molecule has 0 spiro atoms. The number of carboxylic acid groups (broad SMARTS) is 1. The standard InChI is InChI=1S/C21H25N3O7.C3H4N2/c1-11(25)24-10-14(31-21(2,3)30-4)9-17(24)19(27)22-13-5-6-16-12(7-13)8-15(20(28)29)18(26)23-16;1-2-5-3-4-1/h5-8,14,17H,9-10H2,1-4H3,(H,22,27)(H,23,26)(H,28,29);1-3H,(H,4,5). The second-order valence-electron chi connectivity index (χ2n) is 8.64. The number of carbonyl (C=O) groups is 3. The zero-order valence-corrected chi connectivity index (χ0v) is 20.4. The van der Waals surface area contributed by atoms with Crippen LogP contribution in [0.2, 0.25) is 0 Å². The minimum atomic E-state index is -1.34. The van der Waals surface area contributed by atoms with E-state index in [0.717, 1.165) is 0 Å². The molecular formula is C24H29N5O7. The molecule has 192 valence electrons. The van der Waals surface area contributed by atoms with E-state index in [9.17, 15) is 19.2 Å². The Bertz CT molecular complexity index is 1270. The van der Waals surface area contributed by atoms with Crippen molar-refractivity contribution in [2.75, 3.05) is 19.0 Å². The lowest BCUT2D eigenvalue weighted by Crippen LogP contribution is -2.42. The fraction of sp³-hybridized carbons (Fsp3) is 0.375. The molecule has 1 saturated heterocycles. The van der Waals surface area contributed by atoms with Gasteiger partial charge in [0.2, 0.25) is 11.8 Å². The van der Waals surface area contributed by atoms with Crippen molar-refractivity contribution in [2.24, 2.45) is 0 Å². The van der Waals surface area contributed by atoms with Crippen LogP contribution in [0, 0.1) is 0 Å². The number of benzene rings is 1. The molecule has 2 unspecified atom stereocenters. The average molecular weight is 500 g/mol. The van der Waals surface area contributed by atoms with Crippen molar-refractivity contribution < 1.29 is 29.0 Å². The number of carbonyl (C=O) groups excluding carboxylic acids is 2. The van der Waals surface area contributed by atoms with E-state index >= 15 is 0 Å². The minimum Gasteiger partial charge on any atom is -0.477 e. The van der Waals surface area contributed by atoms with Crippen molar-refractivity contribution in [1.29, 1.82) is 0 Å². The van der Waals surface area contributed by atoms with Crippen molar-refractivity contribution in [3.05, 3.63) is 58.9 Å². The van der Waals surface area contributed by atoms with Gasteiger partial charge in [-0.2, -0.15) is 0 Å². The Kier molecular flexibility index (Phi) is 8.22. The van der Waals surface area contributed by atoms with Crippen molar-refractivity contribution in [3.8, 4) is 0 Å². The van der Waals surface area contributed by atoms with Crippen LogP contribution in [-0.2, 0) is 19.1 Å². The largest absolute Gasteiger partial charge is 0.477 e. The summed E-state index contributed by atoms with van der Waals surface area (Å²) in [5, 5.41) is 12.4. The summed E-state index contributed by atoms with van der Waals surface area (Å²) in [6.07, 6.45) is 5.02. The van der Waals surface area contributed by atoms with Gasteiger partial charge in [0.1, 0.15) is 11.6 Å². The molecule has 2 aromatic heterocycles. The number of nitrogens with one attached hydrogen (secondary N) is 3. The number of imidazole rings is 1. The quantitative estimate of drug-likeness (QED) is 0.373. The summed E-state index contributed by atoms with van der Waals surface area (Å²) in [5.41, 5.74) is -0.249. The molecular weight excluding hydrogens is 470 g/mol. The molecule has 0 saturated carbocycles. The van der Waals surface area contributed by atoms with E-state index in [0.29, 0.717) is 23.0 Å². The highest BCUT2D eigenvalue weighted by Crippen LogP contribution is 2.26. The third-order valence-electron chi connectivity index (χ3n) is 5.66. The Morgan fingerprint density at radius 3 is 2.56 bits per heavy atom. The second-order valence-corrected chi connectivity index (χ2v) is 8.64. The number of amides is 2. The molecule has 1 fully saturated rings. The summed E-state index contributed by atoms with van der Waals surface area (Å²) in [5.74, 6) is -2.83. The van der Waals surface area contributed by atoms with E-state index < -0.39 is 34.8 Å². The number of aromatic carboxylic acids is 1. The highest BCUT2D eigenvalue weighted by Gasteiger charge is 2.41. The lowest BCUT2D eigenvalue weighted by atomic mass is 10.1. The highest BCUT2D eigenvalue weighted by atomic mass is 16.7. The van der Waals surface area contributed by atoms with Crippen LogP contribution < -0.4 is 10.9 Å². The summed E-state index contributed by atoms with van der Waals surface area (Å²) in [6.45, 7) is 5.16. The number of methoxy groups -OCH3 is 1. The summed E-state index contributed by atoms with van der Waals surface area (Å²) in [6, 6.07) is 5.25. The zero-order chi connectivity index (χ0) is 26.5. The molecule has 36 heavy (non-hydrogen) atoms. The van der Waals surface area contributed by atoms with Crippen LogP contribution in [0.5, 0.6) is 0 Å². The number of hydrogen-bond donors (Lipinski definition) is 4. The summed E-state index contributed by atoms with van der Waals surface area (Å²) in [7, 11) is 1.52. The number of rotatable bonds is 6. The van der Waals surface area contributed by atoms with Crippen molar-refractivity contribution in [1.82, 2.24) is 19.9 Å². The number of nitrogens with zero attached hydrogens (tertiary/aromatic N) is 2. The molecule has 12 heteroatoms. The first-order valence-corrected chi connectivity index (χ1v) is 11.1. The van der Waals surface area contributed by atoms with Gasteiger partial charge in [-0.1, -0.05) is 0 Å². The maximum Gasteiger partial charge on any atom is 0.341 e. The summed E-state index contributed by atoms with van der Waals surface area (Å²) in [4.78, 5) is 58.4. The van der Waals surface area contributed by atoms with Crippen LogP contribution in [0.15, 0.2) is 47.8 Å². The maximum absolute atomic E-state index is 12.9. The van der Waals surface area contributed by atoms with Gasteiger partial charge in [-0.25, -0.2) is 9.78 Å². The molecule has 4 rings (SSSR count). The predicted molar refractivity (Wildman–Crippen MR) is 130 cm³/mol. The number of carboxylic acids is 1. The van der Waals surface area contributed by atoms with Gasteiger partial charge in [0.05, 0.1) is 12.4 Å². The number of hydrogen-bond acceptors (Lipinski definition) is 7. The van der Waals surface area contributed by atoms with Crippen LogP contribution in [0.3, 0.4) is 0 Å². The lowest BCUT2D eigenvalue weighted by molar-refractivity contribution is -0.220. The fourth-order valence-electron chi connectivity index (χ4n) is 3.81. The van der Waals surface area contributed by atoms with E-state index in [-0.39, 0.29) is 18.6 Å². The molecule has 12 nitrogen and oxygen atoms in total. The van der Waals surface area contributed by atoms with Crippen LogP contribution in [0.1, 0.15) is 37.6 Å². The molecule has 0 bridgehead atoms. The molecule has 3 aromatic rings. The number of H-pyrrole nitrogens is 2. The molecule has 1 aromatic carbocycles. The van der Waals surface area contributed by atoms with Gasteiger partial charge >= 0.3 is 5.97 Å². The molecule has 2 atom stereocenters. The smallest absolute Gasteiger partial charge is 0.341 e. The number of ether oxygens (including phenoxy) is 2. The van der Waals surface area contributed by atoms with Crippen LogP contribution >= 0.6 is 0 Å². The third-order valence-corrected chi connectivity index (χ3v) is 5.66. The molecule has 4 N–H and O–H groups in total. The summed E-state index contributed by atoms with van der Waals surface area (Å²) < 4.78 is 11.1. The van der Waals surface area contributed by atoms with Crippen molar-refractivity contribution >= 4 is 34.4 Å². The summed E-state index contributed by atoms with van der Waals surface area (Å²) >= 11 is 0. The SMILES string of the molecule is COC(C)(C)OC1CC(C(=O)Nc2ccc3[nH]c(=O)c(C(=O)O)cc3c2)N(C(C)=O)C1.c1c[nH]cn1. The molecule has 1 aliphatic rings. The normalized spacial score (nSPS) is 17.4. The molecule has 0 radical (unpaired) electrons. The molecule has 1 aliphatic heterocycles. The van der Waals surface area contributed by atoms with E-state index in [1.807, 2.05) is 0 Å². The van der Waals surface area contributed by atoms with E-state index in [1.54, 1.807) is 50.8 Å². The Morgan fingerprint density at radius 1 is 1.25 bits per heavy atom. The Morgan fingerprint density at radius 2 is 2.00 bits per heavy atom. The van der Waals surface area contributed by atoms with Gasteiger partial charge in [0, 0.05) is 56.0 Å². The highest BCUT2D eigenvalue weighted by molar-refractivity contribution is 5.99. The van der Waals surface area contributed by atoms with Gasteiger partial charge in [-0.15, -0.1) is 0 Å². The van der Waals surface area contributed by atoms with Gasteiger partial charge < -0.3 is 34.8 Å². The van der Waals surface area contributed by atoms with Gasteiger partial charge in [0.25, 0.3) is 5.56 Å². The van der Waals surface area contributed by atoms with E-state index in [1.165, 1.54) is 25.0 Å². The first kappa shape index (κ1) is 26.6. The molecule has 0 aliphatic carbocycles. The van der Waals surface area contributed by atoms with Crippen molar-refractivity contribution in [2.45, 2.75) is 45.1 Å². The topological polar surface area (TPSA) is 167 Å². The molecule has 3 heterocycles. The number of anilines is 1. The number of aromatic amines is 2. The fourth-order valence-corrected chi connectivity index (χ4v) is 3.81. The molecule has 2 amide bonds. The van der Waals surface area contributed by atoms with Crippen molar-refractivity contribution in [3.63, 3.8) is 0 Å². The zero-order valence-electron chi connectivity index (χ0n) is 20.4. The van der Waals surface area contributed by atoms with Gasteiger partial charge in [-0.05, 0) is 38.1 Å². The monoisotopic (exact) mass is 499 g/mol. The average Bonchev–Trinajstić information content (AvgIpc) is 3.52. The van der Waals surface area contributed by atoms with Gasteiger partial charge in [0.15, 0.2) is 5.79 Å². The minimum absolute atomic E-state index is 0.247. The number of pyridine rings is 1. The first-order valence-electron chi connectivity index (χ1n) is 11.1. The number of likely N-dealkylation sites (tertiary alicyclic amines) is 1. The van der Waals surface area contributed by atoms with Crippen LogP contribution in [0.25, 0.3) is 10.9 Å². The number of aromatic nitrogens is 3. The predicted octanol–water partition coefficient (Wildman–Crippen LogP) is 1.96. The van der Waals surface area contributed by atoms with E-state index in [4.69, 9.17) is 14.6 Å². The lowest BCUT2D eigenvalue weighted by Gasteiger charge is -2.27. The number of fused-ring (bicyclic) bond motifs is 1.